The standard InChI is InChI=1S/C18H16N4O3S2/c1-3-9-22-15(23)13(10-11-5-7-12(8-6-11)16(24)25)26-18(22)19-17-21-20-14(4-2)27-17/h3,5-8,10H,1,4,9H2,2H3,(H,24,25)/b13-10+,19-18-. The van der Waals surface area contributed by atoms with Gasteiger partial charge in [-0.15, -0.1) is 16.8 Å². The van der Waals surface area contributed by atoms with E-state index in [0.29, 0.717) is 21.7 Å². The fraction of sp³-hybridized carbons (Fsp3) is 0.167. The molecular weight excluding hydrogens is 384 g/mol. The molecule has 0 unspecified atom stereocenters. The Morgan fingerprint density at radius 1 is 1.33 bits per heavy atom. The normalized spacial score (nSPS) is 17.1. The van der Waals surface area contributed by atoms with Crippen molar-refractivity contribution in [3.63, 3.8) is 0 Å². The van der Waals surface area contributed by atoms with Crippen LogP contribution in [-0.2, 0) is 11.2 Å². The number of amidine groups is 1. The third kappa shape index (κ3) is 4.32. The molecule has 1 aliphatic heterocycles. The highest BCUT2D eigenvalue weighted by Gasteiger charge is 2.32. The molecule has 1 aliphatic rings. The maximum absolute atomic E-state index is 12.7. The van der Waals surface area contributed by atoms with Gasteiger partial charge in [0.25, 0.3) is 5.91 Å². The number of amides is 1. The number of nitrogens with zero attached hydrogens (tertiary/aromatic N) is 4. The summed E-state index contributed by atoms with van der Waals surface area (Å²) in [5.41, 5.74) is 0.931. The zero-order valence-corrected chi connectivity index (χ0v) is 16.1. The van der Waals surface area contributed by atoms with Crippen LogP contribution < -0.4 is 0 Å². The summed E-state index contributed by atoms with van der Waals surface area (Å²) >= 11 is 2.63. The second-order valence-corrected chi connectivity index (χ2v) is 7.52. The second kappa shape index (κ2) is 8.28. The van der Waals surface area contributed by atoms with E-state index in [0.717, 1.165) is 17.0 Å². The third-order valence-electron chi connectivity index (χ3n) is 3.61. The zero-order chi connectivity index (χ0) is 19.4. The van der Waals surface area contributed by atoms with Crippen LogP contribution in [-0.4, -0.2) is 43.8 Å². The minimum Gasteiger partial charge on any atom is -0.478 e. The van der Waals surface area contributed by atoms with Gasteiger partial charge in [0.15, 0.2) is 5.17 Å². The molecule has 9 heteroatoms. The summed E-state index contributed by atoms with van der Waals surface area (Å²) in [6.45, 7) is 6.02. The lowest BCUT2D eigenvalue weighted by molar-refractivity contribution is -0.121. The first-order valence-electron chi connectivity index (χ1n) is 8.08. The summed E-state index contributed by atoms with van der Waals surface area (Å²) < 4.78 is 0. The SMILES string of the molecule is C=CCN1C(=O)/C(=C\c2ccc(C(=O)O)cc2)S/C1=N\c1nnc(CC)s1. The quantitative estimate of drug-likeness (QED) is 0.588. The van der Waals surface area contributed by atoms with Crippen molar-refractivity contribution in [3.05, 3.63) is 58.0 Å². The smallest absolute Gasteiger partial charge is 0.335 e. The van der Waals surface area contributed by atoms with Gasteiger partial charge >= 0.3 is 5.97 Å². The number of aromatic nitrogens is 2. The van der Waals surface area contributed by atoms with Gasteiger partial charge in [0.1, 0.15) is 5.01 Å². The lowest BCUT2D eigenvalue weighted by atomic mass is 10.1. The molecule has 0 radical (unpaired) electrons. The number of aromatic carboxylic acids is 1. The van der Waals surface area contributed by atoms with Crippen molar-refractivity contribution in [2.45, 2.75) is 13.3 Å². The minimum absolute atomic E-state index is 0.179. The summed E-state index contributed by atoms with van der Waals surface area (Å²) in [6, 6.07) is 6.33. The number of carboxylic acids is 1. The van der Waals surface area contributed by atoms with Crippen LogP contribution in [0.3, 0.4) is 0 Å². The van der Waals surface area contributed by atoms with Gasteiger partial charge < -0.3 is 5.11 Å². The Morgan fingerprint density at radius 2 is 2.07 bits per heavy atom. The Hall–Kier alpha value is -2.78. The number of carbonyl (C=O) groups excluding carboxylic acids is 1. The molecule has 1 aromatic carbocycles. The molecule has 1 N–H and O–H groups in total. The molecule has 2 heterocycles. The topological polar surface area (TPSA) is 95.8 Å². The Morgan fingerprint density at radius 3 is 2.67 bits per heavy atom. The minimum atomic E-state index is -0.990. The number of benzene rings is 1. The van der Waals surface area contributed by atoms with Crippen molar-refractivity contribution < 1.29 is 14.7 Å². The first-order chi connectivity index (χ1) is 13.0. The van der Waals surface area contributed by atoms with Gasteiger partial charge in [-0.25, -0.2) is 4.79 Å². The number of rotatable bonds is 6. The van der Waals surface area contributed by atoms with Gasteiger partial charge in [0.05, 0.1) is 10.5 Å². The van der Waals surface area contributed by atoms with Crippen LogP contribution >= 0.6 is 23.1 Å². The Balaban J connectivity index is 1.89. The number of carbonyl (C=O) groups is 2. The predicted octanol–water partition coefficient (Wildman–Crippen LogP) is 3.59. The number of aryl methyl sites for hydroxylation is 1. The van der Waals surface area contributed by atoms with Crippen molar-refractivity contribution in [3.8, 4) is 0 Å². The van der Waals surface area contributed by atoms with Crippen LogP contribution in [0.25, 0.3) is 6.08 Å². The first-order valence-corrected chi connectivity index (χ1v) is 9.72. The summed E-state index contributed by atoms with van der Waals surface area (Å²) in [6.07, 6.45) is 4.13. The van der Waals surface area contributed by atoms with Crippen LogP contribution in [0.15, 0.2) is 46.8 Å². The Bertz CT molecular complexity index is 948. The largest absolute Gasteiger partial charge is 0.478 e. The van der Waals surface area contributed by atoms with Crippen LogP contribution in [0.1, 0.15) is 27.9 Å². The number of thioether (sulfide) groups is 1. The molecule has 0 atom stereocenters. The fourth-order valence-electron chi connectivity index (χ4n) is 2.27. The molecule has 0 aliphatic carbocycles. The van der Waals surface area contributed by atoms with E-state index in [1.807, 2.05) is 6.92 Å². The lowest BCUT2D eigenvalue weighted by Crippen LogP contribution is -2.29. The van der Waals surface area contributed by atoms with Crippen molar-refractivity contribution >= 4 is 51.4 Å². The summed E-state index contributed by atoms with van der Waals surface area (Å²) in [5, 5.41) is 19.0. The van der Waals surface area contributed by atoms with E-state index in [1.165, 1.54) is 40.1 Å². The van der Waals surface area contributed by atoms with Gasteiger partial charge in [0, 0.05) is 6.54 Å². The van der Waals surface area contributed by atoms with Crippen LogP contribution in [0.2, 0.25) is 0 Å². The van der Waals surface area contributed by atoms with Gasteiger partial charge in [-0.2, -0.15) is 4.99 Å². The second-order valence-electron chi connectivity index (χ2n) is 5.47. The van der Waals surface area contributed by atoms with E-state index in [1.54, 1.807) is 24.3 Å². The monoisotopic (exact) mass is 400 g/mol. The fourth-order valence-corrected chi connectivity index (χ4v) is 3.97. The maximum Gasteiger partial charge on any atom is 0.335 e. The molecule has 1 fully saturated rings. The molecule has 0 spiro atoms. The number of aliphatic imine (C=N–C) groups is 1. The van der Waals surface area contributed by atoms with Crippen molar-refractivity contribution in [2.24, 2.45) is 4.99 Å². The van der Waals surface area contributed by atoms with Crippen molar-refractivity contribution in [1.82, 2.24) is 15.1 Å². The number of hydrogen-bond donors (Lipinski definition) is 1. The van der Waals surface area contributed by atoms with Crippen molar-refractivity contribution in [2.75, 3.05) is 6.54 Å². The van der Waals surface area contributed by atoms with E-state index in [9.17, 15) is 9.59 Å². The molecule has 1 saturated heterocycles. The average Bonchev–Trinajstić information content (AvgIpc) is 3.22. The Kier molecular flexibility index (Phi) is 5.82. The van der Waals surface area contributed by atoms with Gasteiger partial charge in [-0.05, 0) is 42.0 Å². The molecule has 3 rings (SSSR count). The highest BCUT2D eigenvalue weighted by atomic mass is 32.2. The molecule has 27 heavy (non-hydrogen) atoms. The van der Waals surface area contributed by atoms with Gasteiger partial charge in [-0.1, -0.05) is 36.5 Å². The lowest BCUT2D eigenvalue weighted by Gasteiger charge is -2.11. The molecule has 0 bridgehead atoms. The summed E-state index contributed by atoms with van der Waals surface area (Å²) in [4.78, 5) is 30.2. The van der Waals surface area contributed by atoms with E-state index >= 15 is 0 Å². The predicted molar refractivity (Wildman–Crippen MR) is 107 cm³/mol. The van der Waals surface area contributed by atoms with Crippen LogP contribution in [0.5, 0.6) is 0 Å². The van der Waals surface area contributed by atoms with Crippen LogP contribution in [0, 0.1) is 0 Å². The number of carboxylic acid groups (broad SMARTS) is 1. The van der Waals surface area contributed by atoms with Gasteiger partial charge in [0.2, 0.25) is 5.13 Å². The maximum atomic E-state index is 12.7. The molecule has 7 nitrogen and oxygen atoms in total. The molecule has 2 aromatic rings. The summed E-state index contributed by atoms with van der Waals surface area (Å²) in [7, 11) is 0. The molecule has 0 saturated carbocycles. The Labute approximate surface area is 164 Å². The van der Waals surface area contributed by atoms with Gasteiger partial charge in [-0.3, -0.25) is 9.69 Å². The van der Waals surface area contributed by atoms with E-state index in [2.05, 4.69) is 21.8 Å². The average molecular weight is 400 g/mol. The highest BCUT2D eigenvalue weighted by molar-refractivity contribution is 8.18. The number of hydrogen-bond acceptors (Lipinski definition) is 7. The third-order valence-corrected chi connectivity index (χ3v) is 5.57. The van der Waals surface area contributed by atoms with E-state index in [-0.39, 0.29) is 11.5 Å². The van der Waals surface area contributed by atoms with Crippen molar-refractivity contribution in [1.29, 1.82) is 0 Å². The van der Waals surface area contributed by atoms with E-state index < -0.39 is 5.97 Å². The molecule has 138 valence electrons. The molecule has 1 amide bonds. The molecule has 1 aromatic heterocycles. The summed E-state index contributed by atoms with van der Waals surface area (Å²) in [5.74, 6) is -1.17. The first kappa shape index (κ1) is 19.0. The van der Waals surface area contributed by atoms with Crippen LogP contribution in [0.4, 0.5) is 5.13 Å². The highest BCUT2D eigenvalue weighted by Crippen LogP contribution is 2.34. The zero-order valence-electron chi connectivity index (χ0n) is 14.5. The van der Waals surface area contributed by atoms with E-state index in [4.69, 9.17) is 5.11 Å². The molecular formula is C18H16N4O3S2.